The maximum atomic E-state index is 11.7. The zero-order valence-corrected chi connectivity index (χ0v) is 18.2. The predicted octanol–water partition coefficient (Wildman–Crippen LogP) is 2.60. The van der Waals surface area contributed by atoms with Gasteiger partial charge in [-0.25, -0.2) is 4.79 Å². The van der Waals surface area contributed by atoms with E-state index in [1.807, 2.05) is 6.92 Å². The van der Waals surface area contributed by atoms with Crippen LogP contribution in [0, 0.1) is 0 Å². The summed E-state index contributed by atoms with van der Waals surface area (Å²) in [6, 6.07) is 0.336. The largest absolute Gasteiger partial charge is 0.450 e. The summed E-state index contributed by atoms with van der Waals surface area (Å²) < 4.78 is 10.6. The Kier molecular flexibility index (Phi) is 15.0. The van der Waals surface area contributed by atoms with E-state index in [2.05, 4.69) is 22.5 Å². The van der Waals surface area contributed by atoms with E-state index < -0.39 is 0 Å². The summed E-state index contributed by atoms with van der Waals surface area (Å²) in [5, 5.41) is 6.74. The molecule has 1 saturated heterocycles. The molecule has 0 aromatic rings. The van der Waals surface area contributed by atoms with Crippen molar-refractivity contribution in [2.75, 3.05) is 46.5 Å². The lowest BCUT2D eigenvalue weighted by Crippen LogP contribution is -2.50. The number of guanidine groups is 1. The van der Waals surface area contributed by atoms with Crippen LogP contribution >= 0.6 is 24.0 Å². The monoisotopic (exact) mass is 470 g/mol. The van der Waals surface area contributed by atoms with Crippen LogP contribution in [0.5, 0.6) is 0 Å². The third-order valence-corrected chi connectivity index (χ3v) is 3.99. The minimum atomic E-state index is -0.207. The second kappa shape index (κ2) is 15.5. The number of piperidine rings is 1. The molecule has 8 heteroatoms. The number of rotatable bonds is 9. The maximum Gasteiger partial charge on any atom is 0.409 e. The van der Waals surface area contributed by atoms with Crippen molar-refractivity contribution in [3.05, 3.63) is 0 Å². The van der Waals surface area contributed by atoms with Crippen LogP contribution in [0.15, 0.2) is 4.99 Å². The van der Waals surface area contributed by atoms with Gasteiger partial charge in [0.15, 0.2) is 5.96 Å². The molecule has 0 unspecified atom stereocenters. The second-order valence-electron chi connectivity index (χ2n) is 5.92. The normalized spacial score (nSPS) is 15.5. The van der Waals surface area contributed by atoms with Gasteiger partial charge in [-0.1, -0.05) is 13.3 Å². The van der Waals surface area contributed by atoms with Gasteiger partial charge < -0.3 is 25.0 Å². The number of carbonyl (C=O) groups is 1. The molecule has 1 aliphatic rings. The minimum absolute atomic E-state index is 0. The summed E-state index contributed by atoms with van der Waals surface area (Å²) in [7, 11) is 1.78. The zero-order valence-electron chi connectivity index (χ0n) is 15.9. The summed E-state index contributed by atoms with van der Waals surface area (Å²) in [4.78, 5) is 17.7. The van der Waals surface area contributed by atoms with Gasteiger partial charge in [-0.2, -0.15) is 0 Å². The lowest BCUT2D eigenvalue weighted by molar-refractivity contribution is 0.0963. The smallest absolute Gasteiger partial charge is 0.409 e. The topological polar surface area (TPSA) is 75.2 Å². The molecule has 0 aliphatic carbocycles. The van der Waals surface area contributed by atoms with Crippen molar-refractivity contribution >= 4 is 36.0 Å². The molecule has 0 aromatic carbocycles. The average molecular weight is 470 g/mol. The Bertz CT molecular complexity index is 375. The van der Waals surface area contributed by atoms with Gasteiger partial charge in [0, 0.05) is 45.9 Å². The van der Waals surface area contributed by atoms with Crippen molar-refractivity contribution in [3.63, 3.8) is 0 Å². The Hall–Kier alpha value is -0.770. The van der Waals surface area contributed by atoms with Crippen LogP contribution in [0.4, 0.5) is 4.79 Å². The first-order valence-electron chi connectivity index (χ1n) is 9.17. The van der Waals surface area contributed by atoms with Crippen molar-refractivity contribution in [1.82, 2.24) is 15.5 Å². The summed E-state index contributed by atoms with van der Waals surface area (Å²) in [5.74, 6) is 0.818. The quantitative estimate of drug-likeness (QED) is 0.235. The van der Waals surface area contributed by atoms with Gasteiger partial charge in [-0.05, 0) is 32.6 Å². The van der Waals surface area contributed by atoms with Crippen LogP contribution in [-0.4, -0.2) is 69.5 Å². The molecular weight excluding hydrogens is 435 g/mol. The standard InChI is InChI=1S/C17H34N4O3.HI/c1-4-6-13-23-14-7-10-19-16(18-3)20-15-8-11-21(12-9-15)17(22)24-5-2;/h15H,4-14H2,1-3H3,(H2,18,19,20);1H. The molecule has 1 amide bonds. The summed E-state index contributed by atoms with van der Waals surface area (Å²) in [6.45, 7) is 8.33. The molecular formula is C17H35IN4O3. The molecule has 2 N–H and O–H groups in total. The molecule has 7 nitrogen and oxygen atoms in total. The van der Waals surface area contributed by atoms with Gasteiger partial charge in [0.1, 0.15) is 0 Å². The number of hydrogen-bond donors (Lipinski definition) is 2. The van der Waals surface area contributed by atoms with E-state index in [9.17, 15) is 4.79 Å². The van der Waals surface area contributed by atoms with Crippen molar-refractivity contribution < 1.29 is 14.3 Å². The van der Waals surface area contributed by atoms with E-state index in [4.69, 9.17) is 9.47 Å². The van der Waals surface area contributed by atoms with Crippen LogP contribution < -0.4 is 10.6 Å². The Balaban J connectivity index is 0.00000576. The molecule has 1 aliphatic heterocycles. The SMILES string of the molecule is CCCCOCCCNC(=NC)NC1CCN(C(=O)OCC)CC1.I. The van der Waals surface area contributed by atoms with E-state index in [0.29, 0.717) is 12.6 Å². The number of nitrogens with one attached hydrogen (secondary N) is 2. The highest BCUT2D eigenvalue weighted by Gasteiger charge is 2.23. The van der Waals surface area contributed by atoms with E-state index in [0.717, 1.165) is 64.5 Å². The summed E-state index contributed by atoms with van der Waals surface area (Å²) in [5.41, 5.74) is 0. The van der Waals surface area contributed by atoms with Crippen molar-refractivity contribution in [2.45, 2.75) is 52.0 Å². The van der Waals surface area contributed by atoms with Crippen LogP contribution in [0.1, 0.15) is 46.0 Å². The fourth-order valence-electron chi connectivity index (χ4n) is 2.54. The predicted molar refractivity (Wildman–Crippen MR) is 112 cm³/mol. The number of amides is 1. The molecule has 0 bridgehead atoms. The molecule has 1 heterocycles. The lowest BCUT2D eigenvalue weighted by Gasteiger charge is -2.32. The third-order valence-electron chi connectivity index (χ3n) is 3.99. The fourth-order valence-corrected chi connectivity index (χ4v) is 2.54. The first kappa shape index (κ1) is 24.2. The molecule has 0 saturated carbocycles. The first-order chi connectivity index (χ1) is 11.7. The van der Waals surface area contributed by atoms with Crippen LogP contribution in [0.2, 0.25) is 0 Å². The number of unbranched alkanes of at least 4 members (excludes halogenated alkanes) is 1. The highest BCUT2D eigenvalue weighted by Crippen LogP contribution is 2.11. The fraction of sp³-hybridized carbons (Fsp3) is 0.882. The first-order valence-corrected chi connectivity index (χ1v) is 9.17. The molecule has 0 spiro atoms. The van der Waals surface area contributed by atoms with Gasteiger partial charge in [0.25, 0.3) is 0 Å². The van der Waals surface area contributed by atoms with Gasteiger partial charge >= 0.3 is 6.09 Å². The minimum Gasteiger partial charge on any atom is -0.450 e. The number of likely N-dealkylation sites (tertiary alicyclic amines) is 1. The maximum absolute atomic E-state index is 11.7. The number of hydrogen-bond acceptors (Lipinski definition) is 4. The molecule has 0 atom stereocenters. The van der Waals surface area contributed by atoms with Crippen molar-refractivity contribution in [1.29, 1.82) is 0 Å². The number of ether oxygens (including phenoxy) is 2. The Morgan fingerprint density at radius 3 is 2.48 bits per heavy atom. The van der Waals surface area contributed by atoms with Crippen LogP contribution in [0.3, 0.4) is 0 Å². The highest BCUT2D eigenvalue weighted by molar-refractivity contribution is 14.0. The molecule has 0 aromatic heterocycles. The highest BCUT2D eigenvalue weighted by atomic mass is 127. The summed E-state index contributed by atoms with van der Waals surface area (Å²) in [6.07, 6.45) is 4.86. The second-order valence-corrected chi connectivity index (χ2v) is 5.92. The molecule has 148 valence electrons. The number of nitrogens with zero attached hydrogens (tertiary/aromatic N) is 2. The van der Waals surface area contributed by atoms with E-state index >= 15 is 0 Å². The average Bonchev–Trinajstić information content (AvgIpc) is 2.60. The van der Waals surface area contributed by atoms with E-state index in [1.165, 1.54) is 6.42 Å². The molecule has 25 heavy (non-hydrogen) atoms. The van der Waals surface area contributed by atoms with Crippen molar-refractivity contribution in [3.8, 4) is 0 Å². The van der Waals surface area contributed by atoms with Gasteiger partial charge in [0.05, 0.1) is 6.61 Å². The van der Waals surface area contributed by atoms with E-state index in [-0.39, 0.29) is 30.1 Å². The Morgan fingerprint density at radius 2 is 1.88 bits per heavy atom. The summed E-state index contributed by atoms with van der Waals surface area (Å²) >= 11 is 0. The molecule has 0 radical (unpaired) electrons. The number of carbonyl (C=O) groups excluding carboxylic acids is 1. The Labute approximate surface area is 169 Å². The van der Waals surface area contributed by atoms with Gasteiger partial charge in [0.2, 0.25) is 0 Å². The van der Waals surface area contributed by atoms with Gasteiger partial charge in [-0.15, -0.1) is 24.0 Å². The van der Waals surface area contributed by atoms with Crippen LogP contribution in [-0.2, 0) is 9.47 Å². The van der Waals surface area contributed by atoms with Crippen LogP contribution in [0.25, 0.3) is 0 Å². The zero-order chi connectivity index (χ0) is 17.6. The third kappa shape index (κ3) is 10.7. The lowest BCUT2D eigenvalue weighted by atomic mass is 10.1. The van der Waals surface area contributed by atoms with Crippen molar-refractivity contribution in [2.24, 2.45) is 4.99 Å². The van der Waals surface area contributed by atoms with Gasteiger partial charge in [-0.3, -0.25) is 4.99 Å². The number of aliphatic imine (C=N–C) groups is 1. The Morgan fingerprint density at radius 1 is 1.20 bits per heavy atom. The molecule has 1 fully saturated rings. The number of halogens is 1. The molecule has 1 rings (SSSR count). The van der Waals surface area contributed by atoms with E-state index in [1.54, 1.807) is 11.9 Å².